The number of methoxy groups -OCH3 is 1. The van der Waals surface area contributed by atoms with Gasteiger partial charge >= 0.3 is 0 Å². The fourth-order valence-corrected chi connectivity index (χ4v) is 2.89. The van der Waals surface area contributed by atoms with Gasteiger partial charge in [0.05, 0.1) is 12.8 Å². The molecule has 1 heterocycles. The smallest absolute Gasteiger partial charge is 0.255 e. The quantitative estimate of drug-likeness (QED) is 0.567. The van der Waals surface area contributed by atoms with Crippen molar-refractivity contribution in [1.82, 2.24) is 4.98 Å². The van der Waals surface area contributed by atoms with Gasteiger partial charge in [-0.2, -0.15) is 0 Å². The second kappa shape index (κ2) is 8.35. The minimum Gasteiger partial charge on any atom is -0.497 e. The molecule has 1 aromatic heterocycles. The molecule has 28 heavy (non-hydrogen) atoms. The number of aryl methyl sites for hydroxylation is 1. The van der Waals surface area contributed by atoms with Crippen LogP contribution in [-0.4, -0.2) is 30.8 Å². The van der Waals surface area contributed by atoms with Gasteiger partial charge in [0.1, 0.15) is 5.75 Å². The van der Waals surface area contributed by atoms with Crippen molar-refractivity contribution in [1.29, 1.82) is 5.41 Å². The summed E-state index contributed by atoms with van der Waals surface area (Å²) >= 11 is 0. The van der Waals surface area contributed by atoms with Crippen LogP contribution in [0.2, 0.25) is 0 Å². The minimum atomic E-state index is -0.242. The molecule has 6 nitrogen and oxygen atoms in total. The number of carbonyl (C=O) groups is 1. The van der Waals surface area contributed by atoms with Gasteiger partial charge < -0.3 is 15.4 Å². The Labute approximate surface area is 164 Å². The molecule has 0 aliphatic carbocycles. The van der Waals surface area contributed by atoms with E-state index in [-0.39, 0.29) is 5.91 Å². The van der Waals surface area contributed by atoms with Gasteiger partial charge in [0.25, 0.3) is 5.91 Å². The van der Waals surface area contributed by atoms with E-state index in [2.05, 4.69) is 15.6 Å². The highest BCUT2D eigenvalue weighted by Crippen LogP contribution is 2.23. The SMILES string of the molecule is CNc1ccc(C(=O)Nc2ccc(OC)cc2)cc1C(=N)c1ccncc1C. The second-order valence-corrected chi connectivity index (χ2v) is 6.26. The molecular weight excluding hydrogens is 352 g/mol. The van der Waals surface area contributed by atoms with E-state index in [1.165, 1.54) is 0 Å². The van der Waals surface area contributed by atoms with E-state index in [0.717, 1.165) is 22.6 Å². The first-order chi connectivity index (χ1) is 13.5. The van der Waals surface area contributed by atoms with Crippen LogP contribution in [0.4, 0.5) is 11.4 Å². The van der Waals surface area contributed by atoms with Gasteiger partial charge in [-0.25, -0.2) is 0 Å². The number of anilines is 2. The van der Waals surface area contributed by atoms with Gasteiger partial charge in [-0.05, 0) is 61.0 Å². The lowest BCUT2D eigenvalue weighted by Crippen LogP contribution is -2.14. The highest BCUT2D eigenvalue weighted by atomic mass is 16.5. The van der Waals surface area contributed by atoms with Crippen molar-refractivity contribution < 1.29 is 9.53 Å². The summed E-state index contributed by atoms with van der Waals surface area (Å²) in [4.78, 5) is 16.8. The van der Waals surface area contributed by atoms with E-state index >= 15 is 0 Å². The predicted molar refractivity (Wildman–Crippen MR) is 112 cm³/mol. The topological polar surface area (TPSA) is 87.1 Å². The Morgan fingerprint density at radius 3 is 2.46 bits per heavy atom. The number of nitrogens with zero attached hydrogens (tertiary/aromatic N) is 1. The van der Waals surface area contributed by atoms with Crippen molar-refractivity contribution in [3.05, 3.63) is 83.2 Å². The Balaban J connectivity index is 1.90. The lowest BCUT2D eigenvalue weighted by molar-refractivity contribution is 0.102. The summed E-state index contributed by atoms with van der Waals surface area (Å²) in [7, 11) is 3.39. The lowest BCUT2D eigenvalue weighted by atomic mass is 9.96. The number of carbonyl (C=O) groups excluding carboxylic acids is 1. The number of aromatic nitrogens is 1. The predicted octanol–water partition coefficient (Wildman–Crippen LogP) is 4.11. The Bertz CT molecular complexity index is 1010. The molecule has 0 saturated carbocycles. The van der Waals surface area contributed by atoms with Crippen LogP contribution in [0.1, 0.15) is 27.0 Å². The third kappa shape index (κ3) is 4.01. The van der Waals surface area contributed by atoms with Crippen molar-refractivity contribution in [2.45, 2.75) is 6.92 Å². The van der Waals surface area contributed by atoms with Gasteiger partial charge in [-0.15, -0.1) is 0 Å². The fourth-order valence-electron chi connectivity index (χ4n) is 2.89. The van der Waals surface area contributed by atoms with E-state index in [0.29, 0.717) is 22.5 Å². The lowest BCUT2D eigenvalue weighted by Gasteiger charge is -2.14. The van der Waals surface area contributed by atoms with Crippen molar-refractivity contribution in [3.63, 3.8) is 0 Å². The Hall–Kier alpha value is -3.67. The average Bonchev–Trinajstić information content (AvgIpc) is 2.73. The molecule has 0 bridgehead atoms. The number of rotatable bonds is 6. The summed E-state index contributed by atoms with van der Waals surface area (Å²) in [5.41, 5.74) is 4.60. The number of hydrogen-bond donors (Lipinski definition) is 3. The number of amides is 1. The van der Waals surface area contributed by atoms with Crippen molar-refractivity contribution in [3.8, 4) is 5.75 Å². The summed E-state index contributed by atoms with van der Waals surface area (Å²) < 4.78 is 5.13. The number of ether oxygens (including phenoxy) is 1. The maximum absolute atomic E-state index is 12.7. The van der Waals surface area contributed by atoms with Crippen molar-refractivity contribution >= 4 is 23.0 Å². The zero-order valence-corrected chi connectivity index (χ0v) is 16.0. The second-order valence-electron chi connectivity index (χ2n) is 6.26. The summed E-state index contributed by atoms with van der Waals surface area (Å²) in [6.45, 7) is 1.91. The highest BCUT2D eigenvalue weighted by Gasteiger charge is 2.15. The van der Waals surface area contributed by atoms with Crippen LogP contribution in [0, 0.1) is 12.3 Å². The van der Waals surface area contributed by atoms with Gasteiger partial charge in [0.2, 0.25) is 0 Å². The van der Waals surface area contributed by atoms with Gasteiger partial charge in [0.15, 0.2) is 0 Å². The van der Waals surface area contributed by atoms with Gasteiger partial charge in [0, 0.05) is 47.5 Å². The highest BCUT2D eigenvalue weighted by molar-refractivity contribution is 6.16. The molecule has 0 fully saturated rings. The van der Waals surface area contributed by atoms with E-state index in [4.69, 9.17) is 10.1 Å². The van der Waals surface area contributed by atoms with Gasteiger partial charge in [-0.1, -0.05) is 0 Å². The Morgan fingerprint density at radius 2 is 1.82 bits per heavy atom. The van der Waals surface area contributed by atoms with Crippen LogP contribution < -0.4 is 15.4 Å². The monoisotopic (exact) mass is 374 g/mol. The van der Waals surface area contributed by atoms with Crippen LogP contribution in [-0.2, 0) is 0 Å². The summed E-state index contributed by atoms with van der Waals surface area (Å²) in [5, 5.41) is 14.6. The van der Waals surface area contributed by atoms with Crippen LogP contribution >= 0.6 is 0 Å². The van der Waals surface area contributed by atoms with Crippen molar-refractivity contribution in [2.75, 3.05) is 24.8 Å². The molecule has 2 aromatic carbocycles. The molecular formula is C22H22N4O2. The molecule has 1 amide bonds. The Morgan fingerprint density at radius 1 is 1.07 bits per heavy atom. The zero-order chi connectivity index (χ0) is 20.1. The molecule has 142 valence electrons. The van der Waals surface area contributed by atoms with Crippen LogP contribution in [0.3, 0.4) is 0 Å². The third-order valence-corrected chi connectivity index (χ3v) is 4.46. The molecule has 3 aromatic rings. The molecule has 0 unspecified atom stereocenters. The zero-order valence-electron chi connectivity index (χ0n) is 16.0. The van der Waals surface area contributed by atoms with Gasteiger partial charge in [-0.3, -0.25) is 15.2 Å². The molecule has 0 aliphatic heterocycles. The molecule has 0 aliphatic rings. The first kappa shape index (κ1) is 19.1. The summed E-state index contributed by atoms with van der Waals surface area (Å²) in [6.07, 6.45) is 3.39. The standard InChI is InChI=1S/C22H22N4O2/c1-14-13-25-11-10-18(14)21(23)19-12-15(4-9-20(19)24-2)22(27)26-16-5-7-17(28-3)8-6-16/h4-13,23-24H,1-3H3,(H,26,27). The van der Waals surface area contributed by atoms with Crippen molar-refractivity contribution in [2.24, 2.45) is 0 Å². The van der Waals surface area contributed by atoms with E-state index in [1.54, 1.807) is 69.0 Å². The summed E-state index contributed by atoms with van der Waals surface area (Å²) in [5.74, 6) is 0.480. The normalized spacial score (nSPS) is 10.2. The maximum atomic E-state index is 12.7. The molecule has 3 rings (SSSR count). The molecule has 0 atom stereocenters. The number of hydrogen-bond acceptors (Lipinski definition) is 5. The fraction of sp³-hybridized carbons (Fsp3) is 0.136. The van der Waals surface area contributed by atoms with Crippen LogP contribution in [0.25, 0.3) is 0 Å². The van der Waals surface area contributed by atoms with Crippen LogP contribution in [0.15, 0.2) is 60.9 Å². The number of pyridine rings is 1. The first-order valence-electron chi connectivity index (χ1n) is 8.80. The largest absolute Gasteiger partial charge is 0.497 e. The number of benzene rings is 2. The molecule has 3 N–H and O–H groups in total. The van der Waals surface area contributed by atoms with E-state index in [9.17, 15) is 4.79 Å². The molecule has 0 spiro atoms. The van der Waals surface area contributed by atoms with E-state index < -0.39 is 0 Å². The Kier molecular flexibility index (Phi) is 5.69. The third-order valence-electron chi connectivity index (χ3n) is 4.46. The minimum absolute atomic E-state index is 0.242. The summed E-state index contributed by atoms with van der Waals surface area (Å²) in [6, 6.07) is 14.2. The van der Waals surface area contributed by atoms with Crippen LogP contribution in [0.5, 0.6) is 5.75 Å². The number of nitrogens with one attached hydrogen (secondary N) is 3. The molecule has 0 radical (unpaired) electrons. The molecule has 0 saturated heterocycles. The maximum Gasteiger partial charge on any atom is 0.255 e. The average molecular weight is 374 g/mol. The molecule has 6 heteroatoms. The van der Waals surface area contributed by atoms with E-state index in [1.807, 2.05) is 13.0 Å². The first-order valence-corrected chi connectivity index (χ1v) is 8.80.